The highest BCUT2D eigenvalue weighted by atomic mass is 16.2. The van der Waals surface area contributed by atoms with Crippen LogP contribution in [0.25, 0.3) is 0 Å². The van der Waals surface area contributed by atoms with Gasteiger partial charge in [-0.05, 0) is 12.5 Å². The van der Waals surface area contributed by atoms with Gasteiger partial charge in [0.1, 0.15) is 6.54 Å². The van der Waals surface area contributed by atoms with Crippen LogP contribution in [0, 0.1) is 6.92 Å². The first-order valence-corrected chi connectivity index (χ1v) is 5.86. The Balaban J connectivity index is 2.10. The summed E-state index contributed by atoms with van der Waals surface area (Å²) >= 11 is 0. The number of nitrogens with two attached hydrogens (primary N) is 1. The molecular weight excluding hydrogens is 230 g/mol. The van der Waals surface area contributed by atoms with Crippen LogP contribution in [-0.4, -0.2) is 41.9 Å². The molecule has 1 unspecified atom stereocenters. The summed E-state index contributed by atoms with van der Waals surface area (Å²) in [7, 11) is 1.61. The molecule has 0 aliphatic carbocycles. The SMILES string of the molecule is Cc1cccc(C(N)CN2C(=O)CN(C)C2=O)c1. The van der Waals surface area contributed by atoms with Crippen molar-refractivity contribution in [3.63, 3.8) is 0 Å². The lowest BCUT2D eigenvalue weighted by atomic mass is 10.0. The summed E-state index contributed by atoms with van der Waals surface area (Å²) in [4.78, 5) is 26.0. The highest BCUT2D eigenvalue weighted by Gasteiger charge is 2.34. The molecule has 3 amide bonds. The van der Waals surface area contributed by atoms with Gasteiger partial charge in [0.2, 0.25) is 5.91 Å². The van der Waals surface area contributed by atoms with Gasteiger partial charge in [0.15, 0.2) is 0 Å². The first-order valence-electron chi connectivity index (χ1n) is 5.86. The Hall–Kier alpha value is -1.88. The van der Waals surface area contributed by atoms with Gasteiger partial charge in [-0.1, -0.05) is 29.8 Å². The Morgan fingerprint density at radius 1 is 1.39 bits per heavy atom. The summed E-state index contributed by atoms with van der Waals surface area (Å²) in [5.41, 5.74) is 8.09. The number of likely N-dealkylation sites (N-methyl/N-ethyl adjacent to an activating group) is 1. The van der Waals surface area contributed by atoms with Crippen LogP contribution in [0.5, 0.6) is 0 Å². The molecule has 1 aliphatic rings. The number of amides is 3. The number of urea groups is 1. The van der Waals surface area contributed by atoms with E-state index in [9.17, 15) is 9.59 Å². The zero-order chi connectivity index (χ0) is 13.3. The highest BCUT2D eigenvalue weighted by molar-refractivity contribution is 6.01. The van der Waals surface area contributed by atoms with Crippen LogP contribution in [0.15, 0.2) is 24.3 Å². The lowest BCUT2D eigenvalue weighted by molar-refractivity contribution is -0.125. The highest BCUT2D eigenvalue weighted by Crippen LogP contribution is 2.16. The van der Waals surface area contributed by atoms with Crippen molar-refractivity contribution in [1.82, 2.24) is 9.80 Å². The summed E-state index contributed by atoms with van der Waals surface area (Å²) in [6, 6.07) is 7.17. The molecule has 0 radical (unpaired) electrons. The molecule has 1 fully saturated rings. The molecule has 2 N–H and O–H groups in total. The van der Waals surface area contributed by atoms with E-state index in [0.29, 0.717) is 0 Å². The Kier molecular flexibility index (Phi) is 3.34. The standard InChI is InChI=1S/C13H17N3O2/c1-9-4-3-5-10(6-9)11(14)7-16-12(17)8-15(2)13(16)18/h3-6,11H,7-8,14H2,1-2H3. The summed E-state index contributed by atoms with van der Waals surface area (Å²) < 4.78 is 0. The average Bonchev–Trinajstić information content (AvgIpc) is 2.56. The van der Waals surface area contributed by atoms with Gasteiger partial charge < -0.3 is 10.6 Å². The quantitative estimate of drug-likeness (QED) is 0.807. The van der Waals surface area contributed by atoms with Crippen molar-refractivity contribution < 1.29 is 9.59 Å². The Morgan fingerprint density at radius 2 is 2.11 bits per heavy atom. The van der Waals surface area contributed by atoms with Crippen LogP contribution in [-0.2, 0) is 4.79 Å². The van der Waals surface area contributed by atoms with Crippen LogP contribution in [0.2, 0.25) is 0 Å². The van der Waals surface area contributed by atoms with Crippen LogP contribution in [0.3, 0.4) is 0 Å². The number of carbonyl (C=O) groups is 2. The molecule has 5 nitrogen and oxygen atoms in total. The van der Waals surface area contributed by atoms with Gasteiger partial charge in [0, 0.05) is 19.6 Å². The van der Waals surface area contributed by atoms with E-state index in [1.165, 1.54) is 9.80 Å². The van der Waals surface area contributed by atoms with Gasteiger partial charge >= 0.3 is 6.03 Å². The molecule has 96 valence electrons. The minimum atomic E-state index is -0.343. The molecule has 1 aromatic carbocycles. The van der Waals surface area contributed by atoms with E-state index in [0.717, 1.165) is 11.1 Å². The maximum atomic E-state index is 11.7. The fourth-order valence-corrected chi connectivity index (χ4v) is 2.05. The van der Waals surface area contributed by atoms with Crippen LogP contribution in [0.4, 0.5) is 4.79 Å². The summed E-state index contributed by atoms with van der Waals surface area (Å²) in [6.07, 6.45) is 0. The van der Waals surface area contributed by atoms with Crippen molar-refractivity contribution in [2.45, 2.75) is 13.0 Å². The molecule has 0 spiro atoms. The lowest BCUT2D eigenvalue weighted by Gasteiger charge is -2.19. The van der Waals surface area contributed by atoms with E-state index in [1.807, 2.05) is 31.2 Å². The van der Waals surface area contributed by atoms with Gasteiger partial charge in [-0.3, -0.25) is 9.69 Å². The van der Waals surface area contributed by atoms with E-state index < -0.39 is 0 Å². The van der Waals surface area contributed by atoms with Gasteiger partial charge in [-0.25, -0.2) is 4.79 Å². The second kappa shape index (κ2) is 4.78. The number of aryl methyl sites for hydroxylation is 1. The minimum absolute atomic E-state index is 0.138. The average molecular weight is 247 g/mol. The Bertz CT molecular complexity index is 487. The molecule has 0 bridgehead atoms. The van der Waals surface area contributed by atoms with E-state index in [1.54, 1.807) is 7.05 Å². The number of benzene rings is 1. The van der Waals surface area contributed by atoms with Gasteiger partial charge in [0.05, 0.1) is 0 Å². The maximum Gasteiger partial charge on any atom is 0.327 e. The zero-order valence-corrected chi connectivity index (χ0v) is 10.6. The number of nitrogens with zero attached hydrogens (tertiary/aromatic N) is 2. The van der Waals surface area contributed by atoms with Crippen molar-refractivity contribution in [3.8, 4) is 0 Å². The largest absolute Gasteiger partial charge is 0.327 e. The fourth-order valence-electron chi connectivity index (χ4n) is 2.05. The second-order valence-corrected chi connectivity index (χ2v) is 4.66. The molecule has 18 heavy (non-hydrogen) atoms. The molecule has 2 rings (SSSR count). The Morgan fingerprint density at radius 3 is 2.67 bits per heavy atom. The van der Waals surface area contributed by atoms with Crippen molar-refractivity contribution in [1.29, 1.82) is 0 Å². The fraction of sp³-hybridized carbons (Fsp3) is 0.385. The van der Waals surface area contributed by atoms with Crippen LogP contribution in [0.1, 0.15) is 17.2 Å². The third-order valence-electron chi connectivity index (χ3n) is 3.08. The number of carbonyl (C=O) groups excluding carboxylic acids is 2. The molecule has 0 aromatic heterocycles. The third kappa shape index (κ3) is 2.36. The van der Waals surface area contributed by atoms with Crippen molar-refractivity contribution >= 4 is 11.9 Å². The molecule has 1 saturated heterocycles. The molecule has 1 heterocycles. The molecule has 5 heteroatoms. The van der Waals surface area contributed by atoms with E-state index in [4.69, 9.17) is 5.73 Å². The number of rotatable bonds is 3. The monoisotopic (exact) mass is 247 g/mol. The topological polar surface area (TPSA) is 66.6 Å². The van der Waals surface area contributed by atoms with Crippen molar-refractivity contribution in [2.75, 3.05) is 20.1 Å². The van der Waals surface area contributed by atoms with Crippen LogP contribution < -0.4 is 5.73 Å². The molecule has 1 aliphatic heterocycles. The maximum absolute atomic E-state index is 11.7. The second-order valence-electron chi connectivity index (χ2n) is 4.66. The van der Waals surface area contributed by atoms with E-state index in [2.05, 4.69) is 0 Å². The van der Waals surface area contributed by atoms with E-state index in [-0.39, 0.29) is 31.1 Å². The Labute approximate surface area is 106 Å². The number of hydrogen-bond donors (Lipinski definition) is 1. The minimum Gasteiger partial charge on any atom is -0.322 e. The van der Waals surface area contributed by atoms with Crippen molar-refractivity contribution in [2.24, 2.45) is 5.73 Å². The number of hydrogen-bond acceptors (Lipinski definition) is 3. The molecule has 1 atom stereocenters. The predicted molar refractivity (Wildman–Crippen MR) is 67.8 cm³/mol. The zero-order valence-electron chi connectivity index (χ0n) is 10.6. The molecule has 0 saturated carbocycles. The third-order valence-corrected chi connectivity index (χ3v) is 3.08. The van der Waals surface area contributed by atoms with Crippen LogP contribution >= 0.6 is 0 Å². The summed E-state index contributed by atoms with van der Waals surface area (Å²) in [6.45, 7) is 2.35. The molecule has 1 aromatic rings. The van der Waals surface area contributed by atoms with Gasteiger partial charge in [-0.15, -0.1) is 0 Å². The first kappa shape index (κ1) is 12.6. The smallest absolute Gasteiger partial charge is 0.322 e. The normalized spacial score (nSPS) is 17.5. The number of imide groups is 1. The first-order chi connectivity index (χ1) is 8.49. The summed E-state index contributed by atoms with van der Waals surface area (Å²) in [5, 5.41) is 0. The van der Waals surface area contributed by atoms with Crippen molar-refractivity contribution in [3.05, 3.63) is 35.4 Å². The predicted octanol–water partition coefficient (Wildman–Crippen LogP) is 0.889. The van der Waals surface area contributed by atoms with Gasteiger partial charge in [0.25, 0.3) is 0 Å². The van der Waals surface area contributed by atoms with E-state index >= 15 is 0 Å². The molecular formula is C13H17N3O2. The lowest BCUT2D eigenvalue weighted by Crippen LogP contribution is -2.37. The summed E-state index contributed by atoms with van der Waals surface area (Å²) in [5.74, 6) is -0.189. The van der Waals surface area contributed by atoms with Gasteiger partial charge in [-0.2, -0.15) is 0 Å².